The molecule has 3 rings (SSSR count). The van der Waals surface area contributed by atoms with Crippen LogP contribution < -0.4 is 10.2 Å². The van der Waals surface area contributed by atoms with Crippen LogP contribution in [0.1, 0.15) is 42.1 Å². The second-order valence-corrected chi connectivity index (χ2v) is 6.38. The van der Waals surface area contributed by atoms with Crippen molar-refractivity contribution < 1.29 is 24.3 Å². The molecule has 1 aromatic carbocycles. The predicted molar refractivity (Wildman–Crippen MR) is 84.8 cm³/mol. The molecule has 24 heavy (non-hydrogen) atoms. The van der Waals surface area contributed by atoms with Gasteiger partial charge in [-0.2, -0.15) is 0 Å². The molecule has 0 spiro atoms. The minimum absolute atomic E-state index is 0.0178. The normalized spacial score (nSPS) is 23.7. The molecule has 0 saturated carbocycles. The van der Waals surface area contributed by atoms with Crippen LogP contribution in [-0.4, -0.2) is 47.3 Å². The molecular formula is C17H22N2O5. The van der Waals surface area contributed by atoms with Crippen molar-refractivity contribution in [2.45, 2.75) is 38.3 Å². The number of nitrogens with one attached hydrogen (secondary N) is 1. The number of hydrogen-bond acceptors (Lipinski definition) is 5. The summed E-state index contributed by atoms with van der Waals surface area (Å²) in [6.45, 7) is 3.69. The van der Waals surface area contributed by atoms with E-state index in [9.17, 15) is 9.59 Å². The number of benzene rings is 1. The molecule has 2 heterocycles. The van der Waals surface area contributed by atoms with E-state index >= 15 is 0 Å². The summed E-state index contributed by atoms with van der Waals surface area (Å²) in [5, 5.41) is 8.73. The molecule has 2 amide bonds. The fraction of sp³-hybridized carbons (Fsp3) is 0.529. The van der Waals surface area contributed by atoms with Crippen LogP contribution in [0.5, 0.6) is 5.75 Å². The summed E-state index contributed by atoms with van der Waals surface area (Å²) < 4.78 is 11.4. The molecule has 7 heteroatoms. The van der Waals surface area contributed by atoms with Gasteiger partial charge >= 0.3 is 0 Å². The van der Waals surface area contributed by atoms with Gasteiger partial charge in [-0.3, -0.25) is 14.8 Å². The fourth-order valence-electron chi connectivity index (χ4n) is 3.19. The first-order valence-electron chi connectivity index (χ1n) is 8.17. The maximum absolute atomic E-state index is 12.9. The van der Waals surface area contributed by atoms with Crippen LogP contribution in [0, 0.1) is 0 Å². The highest BCUT2D eigenvalue weighted by molar-refractivity contribution is 5.94. The standard InChI is InChI=1S/C17H22N2O5/c1-17(6-2-3-8-24-17)16(21)19-7-9-23-14-10-12(15(20)18-22)4-5-13(14)11-19/h4-5,10,22H,2-3,6-9,11H2,1H3,(H,18,20). The van der Waals surface area contributed by atoms with Crippen LogP contribution >= 0.6 is 0 Å². The van der Waals surface area contributed by atoms with Gasteiger partial charge in [0.2, 0.25) is 0 Å². The Hall–Kier alpha value is -2.12. The van der Waals surface area contributed by atoms with Gasteiger partial charge in [0.05, 0.1) is 6.54 Å². The van der Waals surface area contributed by atoms with Crippen molar-refractivity contribution in [2.75, 3.05) is 19.8 Å². The SMILES string of the molecule is CC1(C(=O)N2CCOc3cc(C(=O)NO)ccc3C2)CCCCO1. The quantitative estimate of drug-likeness (QED) is 0.632. The van der Waals surface area contributed by atoms with Crippen LogP contribution in [-0.2, 0) is 16.1 Å². The monoisotopic (exact) mass is 334 g/mol. The Kier molecular flexibility index (Phi) is 4.73. The summed E-state index contributed by atoms with van der Waals surface area (Å²) in [7, 11) is 0. The van der Waals surface area contributed by atoms with E-state index in [-0.39, 0.29) is 5.91 Å². The van der Waals surface area contributed by atoms with E-state index in [1.165, 1.54) is 0 Å². The molecule has 2 N–H and O–H groups in total. The summed E-state index contributed by atoms with van der Waals surface area (Å²) >= 11 is 0. The smallest absolute Gasteiger partial charge is 0.274 e. The van der Waals surface area contributed by atoms with Crippen LogP contribution in [0.15, 0.2) is 18.2 Å². The van der Waals surface area contributed by atoms with Crippen molar-refractivity contribution in [3.63, 3.8) is 0 Å². The van der Waals surface area contributed by atoms with E-state index in [1.54, 1.807) is 28.6 Å². The van der Waals surface area contributed by atoms with Crippen LogP contribution in [0.3, 0.4) is 0 Å². The zero-order chi connectivity index (χ0) is 17.2. The number of amides is 2. The van der Waals surface area contributed by atoms with Crippen molar-refractivity contribution in [2.24, 2.45) is 0 Å². The topological polar surface area (TPSA) is 88.1 Å². The van der Waals surface area contributed by atoms with E-state index in [2.05, 4.69) is 0 Å². The van der Waals surface area contributed by atoms with E-state index in [0.29, 0.717) is 37.6 Å². The summed E-state index contributed by atoms with van der Waals surface area (Å²) in [4.78, 5) is 26.2. The maximum atomic E-state index is 12.9. The molecule has 1 atom stereocenters. The Balaban J connectivity index is 1.79. The lowest BCUT2D eigenvalue weighted by atomic mass is 9.94. The van der Waals surface area contributed by atoms with Crippen molar-refractivity contribution in [1.82, 2.24) is 10.4 Å². The molecule has 2 aliphatic rings. The highest BCUT2D eigenvalue weighted by Gasteiger charge is 2.39. The number of hydroxylamine groups is 1. The highest BCUT2D eigenvalue weighted by Crippen LogP contribution is 2.30. The van der Waals surface area contributed by atoms with Crippen molar-refractivity contribution in [3.8, 4) is 5.75 Å². The average Bonchev–Trinajstić information content (AvgIpc) is 2.82. The minimum atomic E-state index is -0.764. The van der Waals surface area contributed by atoms with Crippen LogP contribution in [0.25, 0.3) is 0 Å². The molecule has 130 valence electrons. The van der Waals surface area contributed by atoms with Crippen molar-refractivity contribution >= 4 is 11.8 Å². The highest BCUT2D eigenvalue weighted by atomic mass is 16.5. The number of ether oxygens (including phenoxy) is 2. The molecule has 0 radical (unpaired) electrons. The van der Waals surface area contributed by atoms with Crippen molar-refractivity contribution in [1.29, 1.82) is 0 Å². The molecule has 0 bridgehead atoms. The Morgan fingerprint density at radius 2 is 2.12 bits per heavy atom. The Morgan fingerprint density at radius 1 is 1.29 bits per heavy atom. The first-order valence-corrected chi connectivity index (χ1v) is 8.17. The number of hydrogen-bond donors (Lipinski definition) is 2. The van der Waals surface area contributed by atoms with E-state index in [4.69, 9.17) is 14.7 Å². The lowest BCUT2D eigenvalue weighted by Crippen LogP contribution is -2.50. The fourth-order valence-corrected chi connectivity index (χ4v) is 3.19. The molecular weight excluding hydrogens is 312 g/mol. The van der Waals surface area contributed by atoms with Gasteiger partial charge in [-0.25, -0.2) is 5.48 Å². The summed E-state index contributed by atoms with van der Waals surface area (Å²) in [6.07, 6.45) is 2.71. The summed E-state index contributed by atoms with van der Waals surface area (Å²) in [5.74, 6) is -0.0568. The number of carbonyl (C=O) groups excluding carboxylic acids is 2. The predicted octanol–water partition coefficient (Wildman–Crippen LogP) is 1.49. The Morgan fingerprint density at radius 3 is 2.83 bits per heavy atom. The first-order chi connectivity index (χ1) is 11.5. The first kappa shape index (κ1) is 16.7. The summed E-state index contributed by atoms with van der Waals surface area (Å²) in [6, 6.07) is 4.92. The van der Waals surface area contributed by atoms with Gasteiger partial charge in [0.1, 0.15) is 18.0 Å². The Labute approximate surface area is 140 Å². The molecule has 1 unspecified atom stereocenters. The molecule has 0 aromatic heterocycles. The van der Waals surface area contributed by atoms with Crippen LogP contribution in [0.4, 0.5) is 0 Å². The number of nitrogens with zero attached hydrogens (tertiary/aromatic N) is 1. The van der Waals surface area contributed by atoms with Crippen LogP contribution in [0.2, 0.25) is 0 Å². The van der Waals surface area contributed by atoms with Gasteiger partial charge in [-0.05, 0) is 38.3 Å². The minimum Gasteiger partial charge on any atom is -0.491 e. The number of rotatable bonds is 2. The average molecular weight is 334 g/mol. The molecule has 0 aliphatic carbocycles. The van der Waals surface area contributed by atoms with Gasteiger partial charge in [-0.15, -0.1) is 0 Å². The second-order valence-electron chi connectivity index (χ2n) is 6.38. The van der Waals surface area contributed by atoms with Gasteiger partial charge in [0.15, 0.2) is 0 Å². The number of fused-ring (bicyclic) bond motifs is 1. The summed E-state index contributed by atoms with van der Waals surface area (Å²) in [5.41, 5.74) is 1.97. The Bertz CT molecular complexity index is 640. The largest absolute Gasteiger partial charge is 0.491 e. The van der Waals surface area contributed by atoms with Gasteiger partial charge in [0, 0.05) is 24.3 Å². The lowest BCUT2D eigenvalue weighted by molar-refractivity contribution is -0.162. The molecule has 1 fully saturated rings. The third-order valence-corrected chi connectivity index (χ3v) is 4.62. The van der Waals surface area contributed by atoms with E-state index in [0.717, 1.165) is 24.8 Å². The lowest BCUT2D eigenvalue weighted by Gasteiger charge is -2.36. The van der Waals surface area contributed by atoms with Gasteiger partial charge in [0.25, 0.3) is 11.8 Å². The zero-order valence-electron chi connectivity index (χ0n) is 13.7. The molecule has 7 nitrogen and oxygen atoms in total. The van der Waals surface area contributed by atoms with Gasteiger partial charge < -0.3 is 14.4 Å². The third-order valence-electron chi connectivity index (χ3n) is 4.62. The maximum Gasteiger partial charge on any atom is 0.274 e. The van der Waals surface area contributed by atoms with Gasteiger partial charge in [-0.1, -0.05) is 6.07 Å². The second kappa shape index (κ2) is 6.78. The molecule has 2 aliphatic heterocycles. The van der Waals surface area contributed by atoms with Crippen molar-refractivity contribution in [3.05, 3.63) is 29.3 Å². The third kappa shape index (κ3) is 3.22. The molecule has 1 aromatic rings. The van der Waals surface area contributed by atoms with E-state index in [1.807, 2.05) is 6.92 Å². The molecule has 1 saturated heterocycles. The number of carbonyl (C=O) groups is 2. The zero-order valence-corrected chi connectivity index (χ0v) is 13.7. The van der Waals surface area contributed by atoms with E-state index < -0.39 is 11.5 Å².